The molecule has 0 aliphatic heterocycles. The van der Waals surface area contributed by atoms with Crippen molar-refractivity contribution in [2.75, 3.05) is 11.9 Å². The van der Waals surface area contributed by atoms with E-state index < -0.39 is 15.9 Å². The Balaban J connectivity index is 2.27. The van der Waals surface area contributed by atoms with Gasteiger partial charge in [-0.3, -0.25) is 4.79 Å². The van der Waals surface area contributed by atoms with Gasteiger partial charge in [-0.25, -0.2) is 13.6 Å². The van der Waals surface area contributed by atoms with Gasteiger partial charge in [0.2, 0.25) is 10.0 Å². The first-order valence-electron chi connectivity index (χ1n) is 7.87. The zero-order valence-electron chi connectivity index (χ0n) is 14.6. The first-order valence-corrected chi connectivity index (χ1v) is 10.5. The number of anilines is 1. The van der Waals surface area contributed by atoms with Gasteiger partial charge in [-0.2, -0.15) is 5.26 Å². The fourth-order valence-corrected chi connectivity index (χ4v) is 3.33. The number of carbonyl (C=O) groups is 1. The summed E-state index contributed by atoms with van der Waals surface area (Å²) in [5.74, 6) is -0.443. The van der Waals surface area contributed by atoms with E-state index in [2.05, 4.69) is 5.32 Å². The average molecular weight is 513 g/mol. The molecule has 0 aromatic heterocycles. The molecule has 0 saturated heterocycles. The molecule has 0 aliphatic rings. The second-order valence-corrected chi connectivity index (χ2v) is 8.20. The predicted molar refractivity (Wildman–Crippen MR) is 112 cm³/mol. The Morgan fingerprint density at radius 3 is 2.54 bits per heavy atom. The van der Waals surface area contributed by atoms with E-state index in [-0.39, 0.29) is 22.0 Å². The van der Waals surface area contributed by atoms with E-state index in [4.69, 9.17) is 9.88 Å². The molecule has 0 bridgehead atoms. The van der Waals surface area contributed by atoms with Crippen LogP contribution < -0.4 is 15.2 Å². The monoisotopic (exact) mass is 513 g/mol. The minimum atomic E-state index is -3.84. The van der Waals surface area contributed by atoms with Crippen molar-refractivity contribution in [1.29, 1.82) is 5.26 Å². The number of nitrogens with zero attached hydrogens (tertiary/aromatic N) is 1. The summed E-state index contributed by atoms with van der Waals surface area (Å²) in [4.78, 5) is 12.3. The van der Waals surface area contributed by atoms with E-state index in [1.54, 1.807) is 13.0 Å². The second-order valence-electron chi connectivity index (χ2n) is 5.48. The van der Waals surface area contributed by atoms with E-state index in [0.717, 1.165) is 0 Å². The molecule has 28 heavy (non-hydrogen) atoms. The lowest BCUT2D eigenvalue weighted by molar-refractivity contribution is -0.112. The highest BCUT2D eigenvalue weighted by Gasteiger charge is 2.13. The maximum absolute atomic E-state index is 12.4. The van der Waals surface area contributed by atoms with Crippen molar-refractivity contribution in [3.05, 3.63) is 51.1 Å². The van der Waals surface area contributed by atoms with Crippen molar-refractivity contribution >= 4 is 50.3 Å². The van der Waals surface area contributed by atoms with E-state index in [0.29, 0.717) is 21.4 Å². The van der Waals surface area contributed by atoms with E-state index in [9.17, 15) is 23.6 Å². The van der Waals surface area contributed by atoms with Crippen LogP contribution in [-0.4, -0.2) is 26.0 Å². The lowest BCUT2D eigenvalue weighted by atomic mass is 10.1. The number of amides is 1. The Bertz CT molecular complexity index is 1070. The number of phenolic OH excluding ortho intramolecular Hbond substituents is 1. The number of phenols is 1. The topological polar surface area (TPSA) is 143 Å². The molecule has 0 radical (unpaired) electrons. The molecular weight excluding hydrogens is 497 g/mol. The van der Waals surface area contributed by atoms with Crippen LogP contribution in [0, 0.1) is 14.9 Å². The lowest BCUT2D eigenvalue weighted by Gasteiger charge is -2.09. The maximum atomic E-state index is 12.4. The Kier molecular flexibility index (Phi) is 7.00. The fraction of sp³-hybridized carbons (Fsp3) is 0.111. The van der Waals surface area contributed by atoms with Crippen molar-refractivity contribution in [2.24, 2.45) is 5.14 Å². The molecule has 2 aromatic rings. The molecule has 8 nitrogen and oxygen atoms in total. The summed E-state index contributed by atoms with van der Waals surface area (Å²) >= 11 is 1.92. The van der Waals surface area contributed by atoms with Crippen molar-refractivity contribution in [2.45, 2.75) is 11.8 Å². The summed E-state index contributed by atoms with van der Waals surface area (Å²) in [5.41, 5.74) is 0.621. The number of benzene rings is 2. The third-order valence-corrected chi connectivity index (χ3v) is 5.22. The molecule has 0 atom stereocenters. The highest BCUT2D eigenvalue weighted by molar-refractivity contribution is 14.1. The first kappa shape index (κ1) is 21.7. The zero-order chi connectivity index (χ0) is 20.9. The van der Waals surface area contributed by atoms with E-state index in [1.165, 1.54) is 36.4 Å². The van der Waals surface area contributed by atoms with Gasteiger partial charge in [-0.15, -0.1) is 0 Å². The average Bonchev–Trinajstić information content (AvgIpc) is 2.63. The Morgan fingerprint density at radius 2 is 2.00 bits per heavy atom. The van der Waals surface area contributed by atoms with Crippen LogP contribution >= 0.6 is 22.6 Å². The molecule has 0 unspecified atom stereocenters. The number of nitrogens with two attached hydrogens (primary N) is 1. The largest absolute Gasteiger partial charge is 0.504 e. The normalized spacial score (nSPS) is 11.6. The van der Waals surface area contributed by atoms with Crippen LogP contribution in [0.3, 0.4) is 0 Å². The van der Waals surface area contributed by atoms with E-state index in [1.807, 2.05) is 28.7 Å². The van der Waals surface area contributed by atoms with Crippen LogP contribution in [0.5, 0.6) is 11.5 Å². The molecule has 0 aliphatic carbocycles. The SMILES string of the molecule is CCOc1cc(/C=C(\C#N)C(=O)Nc2ccc(S(N)(=O)=O)cc2)cc(I)c1O. The van der Waals surface area contributed by atoms with Crippen LogP contribution in [-0.2, 0) is 14.8 Å². The van der Waals surface area contributed by atoms with Gasteiger partial charge < -0.3 is 15.2 Å². The fourth-order valence-electron chi connectivity index (χ4n) is 2.18. The van der Waals surface area contributed by atoms with E-state index >= 15 is 0 Å². The molecule has 0 fully saturated rings. The van der Waals surface area contributed by atoms with Gasteiger partial charge in [0.1, 0.15) is 11.6 Å². The number of hydrogen-bond acceptors (Lipinski definition) is 6. The summed E-state index contributed by atoms with van der Waals surface area (Å²) in [5, 5.41) is 26.8. The second kappa shape index (κ2) is 9.05. The van der Waals surface area contributed by atoms with Crippen LogP contribution in [0.4, 0.5) is 5.69 Å². The van der Waals surface area contributed by atoms with Gasteiger partial charge in [0.15, 0.2) is 11.5 Å². The summed E-state index contributed by atoms with van der Waals surface area (Å²) in [6.45, 7) is 2.11. The van der Waals surface area contributed by atoms with Crippen LogP contribution in [0.25, 0.3) is 6.08 Å². The number of ether oxygens (including phenoxy) is 1. The van der Waals surface area contributed by atoms with Gasteiger partial charge in [-0.05, 0) is 77.6 Å². The molecule has 0 saturated carbocycles. The number of primary sulfonamides is 1. The van der Waals surface area contributed by atoms with Crippen molar-refractivity contribution in [1.82, 2.24) is 0 Å². The standard InChI is InChI=1S/C18H16IN3O5S/c1-2-27-16-9-11(8-15(19)17(16)23)7-12(10-20)18(24)22-13-3-5-14(6-4-13)28(21,25)26/h3-9,23H,2H2,1H3,(H,22,24)(H2,21,25,26)/b12-7+. The summed E-state index contributed by atoms with van der Waals surface area (Å²) in [6.07, 6.45) is 1.36. The summed E-state index contributed by atoms with van der Waals surface area (Å²) in [7, 11) is -3.84. The smallest absolute Gasteiger partial charge is 0.266 e. The molecule has 2 aromatic carbocycles. The van der Waals surface area contributed by atoms with Crippen LogP contribution in [0.15, 0.2) is 46.9 Å². The van der Waals surface area contributed by atoms with Gasteiger partial charge in [0.05, 0.1) is 15.1 Å². The highest BCUT2D eigenvalue weighted by Crippen LogP contribution is 2.33. The van der Waals surface area contributed by atoms with Gasteiger partial charge >= 0.3 is 0 Å². The minimum absolute atomic E-state index is 0.0162. The quantitative estimate of drug-likeness (QED) is 0.308. The third-order valence-electron chi connectivity index (χ3n) is 3.47. The lowest BCUT2D eigenvalue weighted by Crippen LogP contribution is -2.14. The predicted octanol–water partition coefficient (Wildman–Crippen LogP) is 2.59. The number of hydrogen-bond donors (Lipinski definition) is 3. The van der Waals surface area contributed by atoms with Crippen molar-refractivity contribution in [3.63, 3.8) is 0 Å². The van der Waals surface area contributed by atoms with Gasteiger partial charge in [0.25, 0.3) is 5.91 Å². The van der Waals surface area contributed by atoms with Crippen molar-refractivity contribution in [3.8, 4) is 17.6 Å². The Morgan fingerprint density at radius 1 is 1.36 bits per heavy atom. The molecule has 4 N–H and O–H groups in total. The van der Waals surface area contributed by atoms with Crippen molar-refractivity contribution < 1.29 is 23.1 Å². The van der Waals surface area contributed by atoms with Gasteiger partial charge in [-0.1, -0.05) is 0 Å². The first-order chi connectivity index (χ1) is 13.2. The molecule has 10 heteroatoms. The van der Waals surface area contributed by atoms with Crippen LogP contribution in [0.2, 0.25) is 0 Å². The molecule has 146 valence electrons. The number of aromatic hydroxyl groups is 1. The Labute approximate surface area is 175 Å². The molecular formula is C18H16IN3O5S. The molecule has 0 heterocycles. The number of nitriles is 1. The molecule has 2 rings (SSSR count). The summed E-state index contributed by atoms with van der Waals surface area (Å²) < 4.78 is 28.4. The summed E-state index contributed by atoms with van der Waals surface area (Å²) in [6, 6.07) is 10.2. The van der Waals surface area contributed by atoms with Crippen LogP contribution in [0.1, 0.15) is 12.5 Å². The maximum Gasteiger partial charge on any atom is 0.266 e. The third kappa shape index (κ3) is 5.44. The number of nitrogens with one attached hydrogen (secondary N) is 1. The zero-order valence-corrected chi connectivity index (χ0v) is 17.6. The molecule has 1 amide bonds. The van der Waals surface area contributed by atoms with Gasteiger partial charge in [0, 0.05) is 5.69 Å². The number of halogens is 1. The Hall–Kier alpha value is -2.62. The number of carbonyl (C=O) groups excluding carboxylic acids is 1. The highest BCUT2D eigenvalue weighted by atomic mass is 127. The minimum Gasteiger partial charge on any atom is -0.504 e. The number of rotatable bonds is 6. The molecule has 0 spiro atoms. The number of sulfonamides is 1.